The van der Waals surface area contributed by atoms with E-state index < -0.39 is 6.04 Å². The van der Waals surface area contributed by atoms with Crippen molar-refractivity contribution in [3.05, 3.63) is 75.2 Å². The third-order valence-electron chi connectivity index (χ3n) is 13.5. The number of carbonyl (C=O) groups is 4. The number of imide groups is 1. The van der Waals surface area contributed by atoms with Crippen LogP contribution in [0.15, 0.2) is 53.5 Å². The standard InChI is InChI=1S/C45H53ClN10O6/c1-27(2)56-35-7-4-31(20-29(35)22-37(43(56)61)62-26-39(58)47-3)49-40-34(46)23-48-44(51-40)53-15-10-28(11-16-53)24-52-17-12-45(13-18-52)14-19-55(45)32-5-6-33-30(21-32)25-54(42(33)60)36-8-9-38(57)50-41(36)59/h4-7,20-23,27-28,36H,8-19,24-26H2,1-3H3,(H,47,58)(H,48,49,51)(H,50,57,59). The van der Waals surface area contributed by atoms with Crippen LogP contribution < -0.4 is 36.0 Å². The SMILES string of the molecule is CNC(=O)COc1cc2cc(Nc3nc(N4CCC(CN5CCC6(CC5)CCN6c5ccc6c(c5)CN(C5CCC(=O)NC5=O)C6=O)CC4)ncc3Cl)ccc2n(C(C)C)c1=O. The molecule has 2 aromatic heterocycles. The third-order valence-corrected chi connectivity index (χ3v) is 13.8. The Morgan fingerprint density at radius 3 is 2.47 bits per heavy atom. The summed E-state index contributed by atoms with van der Waals surface area (Å²) in [4.78, 5) is 81.1. The summed E-state index contributed by atoms with van der Waals surface area (Å²) in [5.41, 5.74) is 4.05. The number of likely N-dealkylation sites (N-methyl/N-ethyl adjacent to an activating group) is 1. The number of ether oxygens (including phenoxy) is 1. The Hall–Kier alpha value is -5.74. The molecule has 0 aliphatic carbocycles. The first-order valence-electron chi connectivity index (χ1n) is 21.7. The molecule has 0 saturated carbocycles. The second-order valence-electron chi connectivity index (χ2n) is 17.6. The van der Waals surface area contributed by atoms with E-state index in [4.69, 9.17) is 21.3 Å². The van der Waals surface area contributed by atoms with Gasteiger partial charge in [0.05, 0.1) is 11.7 Å². The van der Waals surface area contributed by atoms with Gasteiger partial charge in [0.15, 0.2) is 18.2 Å². The number of hydrogen-bond acceptors (Lipinski definition) is 12. The normalized spacial score (nSPS) is 20.4. The zero-order chi connectivity index (χ0) is 43.3. The minimum absolute atomic E-state index is 0.0991. The maximum atomic E-state index is 13.3. The Balaban J connectivity index is 0.786. The van der Waals surface area contributed by atoms with Gasteiger partial charge in [0.2, 0.25) is 17.8 Å². The van der Waals surface area contributed by atoms with Crippen LogP contribution in [0.3, 0.4) is 0 Å². The first kappa shape index (κ1) is 41.6. The second-order valence-corrected chi connectivity index (χ2v) is 18.0. The van der Waals surface area contributed by atoms with Gasteiger partial charge in [-0.05, 0) is 106 Å². The molecule has 4 saturated heterocycles. The number of likely N-dealkylation sites (tertiary alicyclic amines) is 1. The summed E-state index contributed by atoms with van der Waals surface area (Å²) in [6.45, 7) is 9.84. The van der Waals surface area contributed by atoms with Gasteiger partial charge in [-0.25, -0.2) is 4.98 Å². The molecular formula is C45H53ClN10O6. The maximum absolute atomic E-state index is 13.3. The minimum atomic E-state index is -0.609. The molecule has 62 heavy (non-hydrogen) atoms. The van der Waals surface area contributed by atoms with Gasteiger partial charge < -0.3 is 39.5 Å². The van der Waals surface area contributed by atoms with Gasteiger partial charge in [0.1, 0.15) is 11.1 Å². The molecule has 4 amide bonds. The molecule has 0 radical (unpaired) electrons. The topological polar surface area (TPSA) is 174 Å². The van der Waals surface area contributed by atoms with E-state index in [0.29, 0.717) is 41.2 Å². The van der Waals surface area contributed by atoms with Gasteiger partial charge in [-0.3, -0.25) is 29.3 Å². The molecule has 2 aromatic carbocycles. The summed E-state index contributed by atoms with van der Waals surface area (Å²) < 4.78 is 7.29. The number of piperidine rings is 3. The van der Waals surface area contributed by atoms with Gasteiger partial charge in [-0.15, -0.1) is 0 Å². The molecule has 0 bridgehead atoms. The van der Waals surface area contributed by atoms with Crippen LogP contribution in [0.2, 0.25) is 5.02 Å². The molecule has 1 atom stereocenters. The Morgan fingerprint density at radius 2 is 1.76 bits per heavy atom. The van der Waals surface area contributed by atoms with Crippen LogP contribution in [0.5, 0.6) is 5.75 Å². The van der Waals surface area contributed by atoms with Gasteiger partial charge in [0.25, 0.3) is 17.4 Å². The highest BCUT2D eigenvalue weighted by molar-refractivity contribution is 6.33. The monoisotopic (exact) mass is 864 g/mol. The molecule has 5 aliphatic rings. The van der Waals surface area contributed by atoms with Crippen LogP contribution in [-0.2, 0) is 20.9 Å². The van der Waals surface area contributed by atoms with Crippen LogP contribution in [0, 0.1) is 5.92 Å². The lowest BCUT2D eigenvalue weighted by Crippen LogP contribution is -2.64. The van der Waals surface area contributed by atoms with Crippen LogP contribution >= 0.6 is 11.6 Å². The first-order valence-corrected chi connectivity index (χ1v) is 22.1. The van der Waals surface area contributed by atoms with Crippen molar-refractivity contribution in [2.24, 2.45) is 5.92 Å². The molecule has 3 N–H and O–H groups in total. The molecule has 1 unspecified atom stereocenters. The summed E-state index contributed by atoms with van der Waals surface area (Å²) in [6.07, 6.45) is 7.67. The number of rotatable bonds is 11. The number of carbonyl (C=O) groups excluding carboxylic acids is 4. The average molecular weight is 865 g/mol. The highest BCUT2D eigenvalue weighted by Gasteiger charge is 2.47. The molecule has 5 aliphatic heterocycles. The quantitative estimate of drug-likeness (QED) is 0.179. The number of hydrogen-bond donors (Lipinski definition) is 3. The molecule has 7 heterocycles. The number of halogens is 1. The van der Waals surface area contributed by atoms with E-state index in [1.165, 1.54) is 7.05 Å². The van der Waals surface area contributed by atoms with Gasteiger partial charge >= 0.3 is 0 Å². The fourth-order valence-electron chi connectivity index (χ4n) is 9.99. The predicted molar refractivity (Wildman–Crippen MR) is 236 cm³/mol. The van der Waals surface area contributed by atoms with Crippen molar-refractivity contribution in [2.75, 3.05) is 68.0 Å². The van der Waals surface area contributed by atoms with Crippen molar-refractivity contribution in [2.45, 2.75) is 83.0 Å². The molecule has 16 nitrogen and oxygen atoms in total. The van der Waals surface area contributed by atoms with Crippen molar-refractivity contribution in [1.29, 1.82) is 0 Å². The van der Waals surface area contributed by atoms with E-state index in [-0.39, 0.29) is 59.5 Å². The largest absolute Gasteiger partial charge is 0.478 e. The fraction of sp³-hybridized carbons (Fsp3) is 0.489. The van der Waals surface area contributed by atoms with Crippen molar-refractivity contribution in [3.63, 3.8) is 0 Å². The molecule has 17 heteroatoms. The lowest BCUT2D eigenvalue weighted by molar-refractivity contribution is -0.137. The van der Waals surface area contributed by atoms with Crippen LogP contribution in [-0.4, -0.2) is 112 Å². The summed E-state index contributed by atoms with van der Waals surface area (Å²) in [6, 6.07) is 12.7. The first-order chi connectivity index (χ1) is 29.9. The average Bonchev–Trinajstić information content (AvgIpc) is 3.58. The van der Waals surface area contributed by atoms with Crippen LogP contribution in [0.4, 0.5) is 23.1 Å². The zero-order valence-electron chi connectivity index (χ0n) is 35.4. The van der Waals surface area contributed by atoms with E-state index >= 15 is 0 Å². The number of nitrogens with one attached hydrogen (secondary N) is 3. The summed E-state index contributed by atoms with van der Waals surface area (Å²) in [5.74, 6) is 0.661. The van der Waals surface area contributed by atoms with Gasteiger partial charge in [-0.1, -0.05) is 11.6 Å². The van der Waals surface area contributed by atoms with E-state index in [1.54, 1.807) is 21.7 Å². The molecule has 9 rings (SSSR count). The number of benzene rings is 2. The highest BCUT2D eigenvalue weighted by atomic mass is 35.5. The molecule has 4 fully saturated rings. The predicted octanol–water partition coefficient (Wildman–Crippen LogP) is 4.62. The molecular weight excluding hydrogens is 812 g/mol. The smallest absolute Gasteiger partial charge is 0.293 e. The van der Waals surface area contributed by atoms with Crippen LogP contribution in [0.1, 0.15) is 80.8 Å². The van der Waals surface area contributed by atoms with Gasteiger partial charge in [-0.2, -0.15) is 4.98 Å². The zero-order valence-corrected chi connectivity index (χ0v) is 36.2. The maximum Gasteiger partial charge on any atom is 0.293 e. The summed E-state index contributed by atoms with van der Waals surface area (Å²) in [5, 5.41) is 9.41. The summed E-state index contributed by atoms with van der Waals surface area (Å²) >= 11 is 6.63. The number of nitrogens with zero attached hydrogens (tertiary/aromatic N) is 7. The van der Waals surface area contributed by atoms with Crippen molar-refractivity contribution in [3.8, 4) is 5.75 Å². The van der Waals surface area contributed by atoms with Crippen molar-refractivity contribution in [1.82, 2.24) is 35.0 Å². The number of anilines is 4. The minimum Gasteiger partial charge on any atom is -0.478 e. The molecule has 326 valence electrons. The Kier molecular flexibility index (Phi) is 11.3. The number of fused-ring (bicyclic) bond motifs is 2. The number of aromatic nitrogens is 3. The van der Waals surface area contributed by atoms with E-state index in [9.17, 15) is 24.0 Å². The summed E-state index contributed by atoms with van der Waals surface area (Å²) in [7, 11) is 1.52. The van der Waals surface area contributed by atoms with Crippen LogP contribution in [0.25, 0.3) is 10.9 Å². The van der Waals surface area contributed by atoms with E-state index in [0.717, 1.165) is 99.2 Å². The lowest BCUT2D eigenvalue weighted by atomic mass is 9.75. The highest BCUT2D eigenvalue weighted by Crippen LogP contribution is 2.44. The molecule has 1 spiro atoms. The number of amides is 4. The van der Waals surface area contributed by atoms with Crippen molar-refractivity contribution >= 4 is 69.3 Å². The Bertz CT molecular complexity index is 2490. The molecule has 4 aromatic rings. The van der Waals surface area contributed by atoms with E-state index in [2.05, 4.69) is 47.8 Å². The Morgan fingerprint density at radius 1 is 0.984 bits per heavy atom. The third kappa shape index (κ3) is 7.94. The fourth-order valence-corrected chi connectivity index (χ4v) is 10.1. The van der Waals surface area contributed by atoms with Crippen molar-refractivity contribution < 1.29 is 23.9 Å². The van der Waals surface area contributed by atoms with E-state index in [1.807, 2.05) is 38.1 Å². The second kappa shape index (κ2) is 16.9. The number of pyridine rings is 1. The lowest BCUT2D eigenvalue weighted by Gasteiger charge is -2.58. The van der Waals surface area contributed by atoms with Gasteiger partial charge in [0, 0.05) is 93.2 Å². The Labute approximate surface area is 364 Å².